The fraction of sp³-hybridized carbons (Fsp3) is 0.333. The minimum absolute atomic E-state index is 0.00953. The SMILES string of the molecule is CCCCC(=O)Nc1cccc(OCc2cc(=O)n3nc(C)sc3n2)c1. The Labute approximate surface area is 154 Å². The van der Waals surface area contributed by atoms with E-state index < -0.39 is 0 Å². The van der Waals surface area contributed by atoms with Crippen LogP contribution in [0.2, 0.25) is 0 Å². The predicted molar refractivity (Wildman–Crippen MR) is 101 cm³/mol. The van der Waals surface area contributed by atoms with Gasteiger partial charge in [0.2, 0.25) is 10.9 Å². The highest BCUT2D eigenvalue weighted by Crippen LogP contribution is 2.19. The molecule has 2 aromatic heterocycles. The van der Waals surface area contributed by atoms with Gasteiger partial charge < -0.3 is 10.1 Å². The lowest BCUT2D eigenvalue weighted by Gasteiger charge is -2.09. The van der Waals surface area contributed by atoms with Crippen LogP contribution in [0.25, 0.3) is 4.96 Å². The molecule has 0 bridgehead atoms. The lowest BCUT2D eigenvalue weighted by molar-refractivity contribution is -0.116. The number of fused-ring (bicyclic) bond motifs is 1. The van der Waals surface area contributed by atoms with E-state index in [0.717, 1.165) is 17.8 Å². The Morgan fingerprint density at radius 2 is 2.19 bits per heavy atom. The van der Waals surface area contributed by atoms with Crippen LogP contribution in [0, 0.1) is 6.92 Å². The summed E-state index contributed by atoms with van der Waals surface area (Å²) in [7, 11) is 0. The summed E-state index contributed by atoms with van der Waals surface area (Å²) in [6.45, 7) is 4.04. The number of nitrogens with zero attached hydrogens (tertiary/aromatic N) is 3. The van der Waals surface area contributed by atoms with Crippen LogP contribution in [0.1, 0.15) is 36.9 Å². The molecule has 8 heteroatoms. The molecule has 0 spiro atoms. The average Bonchev–Trinajstić information content (AvgIpc) is 2.99. The van der Waals surface area contributed by atoms with Gasteiger partial charge in [0.15, 0.2) is 0 Å². The smallest absolute Gasteiger partial charge is 0.275 e. The Morgan fingerprint density at radius 1 is 1.35 bits per heavy atom. The molecule has 0 aliphatic rings. The maximum Gasteiger partial charge on any atom is 0.275 e. The lowest BCUT2D eigenvalue weighted by Crippen LogP contribution is -2.16. The number of carbonyl (C=O) groups excluding carboxylic acids is 1. The van der Waals surface area contributed by atoms with Gasteiger partial charge in [-0.15, -0.1) is 0 Å². The third-order valence-electron chi connectivity index (χ3n) is 3.66. The zero-order chi connectivity index (χ0) is 18.5. The number of unbranched alkanes of at least 4 members (excludes halogenated alkanes) is 1. The fourth-order valence-electron chi connectivity index (χ4n) is 2.41. The van der Waals surface area contributed by atoms with Crippen molar-refractivity contribution in [1.29, 1.82) is 0 Å². The predicted octanol–water partition coefficient (Wildman–Crippen LogP) is 3.17. The van der Waals surface area contributed by atoms with Gasteiger partial charge in [-0.2, -0.15) is 9.61 Å². The summed E-state index contributed by atoms with van der Waals surface area (Å²) >= 11 is 1.36. The lowest BCUT2D eigenvalue weighted by atomic mass is 10.2. The molecular formula is C18H20N4O3S. The van der Waals surface area contributed by atoms with Crippen molar-refractivity contribution in [2.24, 2.45) is 0 Å². The standard InChI is InChI=1S/C18H20N4O3S/c1-3-4-8-16(23)19-13-6-5-7-15(9-13)25-11-14-10-17(24)22-18(20-14)26-12(2)21-22/h5-7,9-10H,3-4,8,11H2,1-2H3,(H,19,23). The summed E-state index contributed by atoms with van der Waals surface area (Å²) in [5.41, 5.74) is 0.996. The van der Waals surface area contributed by atoms with Gasteiger partial charge in [-0.25, -0.2) is 4.98 Å². The number of rotatable bonds is 7. The molecule has 26 heavy (non-hydrogen) atoms. The number of aromatic nitrogens is 3. The summed E-state index contributed by atoms with van der Waals surface area (Å²) in [4.78, 5) is 28.8. The van der Waals surface area contributed by atoms with Crippen LogP contribution in [-0.4, -0.2) is 20.5 Å². The van der Waals surface area contributed by atoms with Gasteiger partial charge in [0.05, 0.1) is 5.69 Å². The van der Waals surface area contributed by atoms with Crippen LogP contribution in [0.5, 0.6) is 5.75 Å². The summed E-state index contributed by atoms with van der Waals surface area (Å²) in [5.74, 6) is 0.588. The highest BCUT2D eigenvalue weighted by molar-refractivity contribution is 7.16. The number of amides is 1. The first-order valence-electron chi connectivity index (χ1n) is 8.44. The first-order chi connectivity index (χ1) is 12.5. The van der Waals surface area contributed by atoms with Crippen LogP contribution in [-0.2, 0) is 11.4 Å². The van der Waals surface area contributed by atoms with Crippen molar-refractivity contribution < 1.29 is 9.53 Å². The molecule has 0 atom stereocenters. The monoisotopic (exact) mass is 372 g/mol. The number of ether oxygens (including phenoxy) is 1. The fourth-order valence-corrected chi connectivity index (χ4v) is 3.17. The maximum atomic E-state index is 12.0. The van der Waals surface area contributed by atoms with Gasteiger partial charge in [0.25, 0.3) is 5.56 Å². The van der Waals surface area contributed by atoms with Gasteiger partial charge >= 0.3 is 0 Å². The normalized spacial score (nSPS) is 10.8. The highest BCUT2D eigenvalue weighted by Gasteiger charge is 2.08. The maximum absolute atomic E-state index is 12.0. The molecule has 7 nitrogen and oxygen atoms in total. The molecule has 0 aliphatic carbocycles. The number of hydrogen-bond acceptors (Lipinski definition) is 6. The van der Waals surface area contributed by atoms with E-state index >= 15 is 0 Å². The molecule has 3 rings (SSSR count). The molecule has 1 N–H and O–H groups in total. The number of hydrogen-bond donors (Lipinski definition) is 1. The summed E-state index contributed by atoms with van der Waals surface area (Å²) in [6, 6.07) is 8.59. The van der Waals surface area contributed by atoms with Gasteiger partial charge in [-0.1, -0.05) is 30.7 Å². The van der Waals surface area contributed by atoms with E-state index in [0.29, 0.717) is 28.5 Å². The van der Waals surface area contributed by atoms with E-state index in [1.807, 2.05) is 26.0 Å². The largest absolute Gasteiger partial charge is 0.487 e. The van der Waals surface area contributed by atoms with Crippen molar-refractivity contribution in [1.82, 2.24) is 14.6 Å². The Kier molecular flexibility index (Phi) is 5.62. The van der Waals surface area contributed by atoms with E-state index in [1.165, 1.54) is 21.9 Å². The molecule has 1 aromatic carbocycles. The average molecular weight is 372 g/mol. The number of nitrogens with one attached hydrogen (secondary N) is 1. The highest BCUT2D eigenvalue weighted by atomic mass is 32.1. The second-order valence-corrected chi connectivity index (χ2v) is 7.03. The minimum atomic E-state index is -0.227. The molecule has 3 aromatic rings. The van der Waals surface area contributed by atoms with Crippen molar-refractivity contribution in [3.8, 4) is 5.75 Å². The third kappa shape index (κ3) is 4.45. The number of aryl methyl sites for hydroxylation is 1. The number of anilines is 1. The van der Waals surface area contributed by atoms with Crippen molar-refractivity contribution in [3.05, 3.63) is 51.4 Å². The minimum Gasteiger partial charge on any atom is -0.487 e. The van der Waals surface area contributed by atoms with Crippen LogP contribution in [0.3, 0.4) is 0 Å². The summed E-state index contributed by atoms with van der Waals surface area (Å²) in [5, 5.41) is 7.75. The molecule has 0 aliphatic heterocycles. The topological polar surface area (TPSA) is 85.6 Å². The van der Waals surface area contributed by atoms with Crippen molar-refractivity contribution >= 4 is 27.9 Å². The molecule has 0 saturated heterocycles. The second kappa shape index (κ2) is 8.09. The summed E-state index contributed by atoms with van der Waals surface area (Å²) in [6.07, 6.45) is 2.35. The quantitative estimate of drug-likeness (QED) is 0.688. The third-order valence-corrected chi connectivity index (χ3v) is 4.48. The van der Waals surface area contributed by atoms with E-state index in [4.69, 9.17) is 4.74 Å². The number of carbonyl (C=O) groups is 1. The van der Waals surface area contributed by atoms with Crippen LogP contribution in [0.15, 0.2) is 35.1 Å². The van der Waals surface area contributed by atoms with Crippen LogP contribution in [0.4, 0.5) is 5.69 Å². The molecule has 0 saturated carbocycles. The van der Waals surface area contributed by atoms with Crippen molar-refractivity contribution in [2.75, 3.05) is 5.32 Å². The Balaban J connectivity index is 1.67. The van der Waals surface area contributed by atoms with Gasteiger partial charge in [0.1, 0.15) is 17.4 Å². The Morgan fingerprint density at radius 3 is 3.00 bits per heavy atom. The summed E-state index contributed by atoms with van der Waals surface area (Å²) < 4.78 is 7.02. The van der Waals surface area contributed by atoms with Crippen molar-refractivity contribution in [3.63, 3.8) is 0 Å². The Bertz CT molecular complexity index is 980. The first-order valence-corrected chi connectivity index (χ1v) is 9.26. The molecule has 0 fully saturated rings. The molecule has 2 heterocycles. The molecule has 136 valence electrons. The molecule has 1 amide bonds. The second-order valence-electron chi connectivity index (χ2n) is 5.87. The Hall–Kier alpha value is -2.74. The van der Waals surface area contributed by atoms with E-state index in [1.54, 1.807) is 12.1 Å². The van der Waals surface area contributed by atoms with Crippen molar-refractivity contribution in [2.45, 2.75) is 39.7 Å². The first kappa shape index (κ1) is 18.1. The van der Waals surface area contributed by atoms with E-state index in [9.17, 15) is 9.59 Å². The van der Waals surface area contributed by atoms with Crippen LogP contribution < -0.4 is 15.6 Å². The zero-order valence-corrected chi connectivity index (χ0v) is 15.5. The van der Waals surface area contributed by atoms with Gasteiger partial charge in [-0.05, 0) is 25.5 Å². The molecule has 0 unspecified atom stereocenters. The van der Waals surface area contributed by atoms with Crippen LogP contribution >= 0.6 is 11.3 Å². The van der Waals surface area contributed by atoms with E-state index in [-0.39, 0.29) is 18.1 Å². The van der Waals surface area contributed by atoms with Gasteiger partial charge in [0, 0.05) is 24.2 Å². The number of benzene rings is 1. The zero-order valence-electron chi connectivity index (χ0n) is 14.7. The van der Waals surface area contributed by atoms with Gasteiger partial charge in [-0.3, -0.25) is 9.59 Å². The van der Waals surface area contributed by atoms with E-state index in [2.05, 4.69) is 15.4 Å². The molecule has 0 radical (unpaired) electrons. The molecular weight excluding hydrogens is 352 g/mol.